The lowest BCUT2D eigenvalue weighted by Gasteiger charge is -2.47. The number of carbonyl (C=O) groups is 2. The van der Waals surface area contributed by atoms with E-state index in [1.807, 2.05) is 31.2 Å². The maximum absolute atomic E-state index is 13.6. The fourth-order valence-electron chi connectivity index (χ4n) is 6.64. The molecule has 2 saturated carbocycles. The van der Waals surface area contributed by atoms with E-state index in [0.29, 0.717) is 18.4 Å². The summed E-state index contributed by atoms with van der Waals surface area (Å²) in [6.45, 7) is 4.15. The second-order valence-electron chi connectivity index (χ2n) is 10.3. The second-order valence-corrected chi connectivity index (χ2v) is 10.3. The number of pyridine rings is 1. The van der Waals surface area contributed by atoms with E-state index in [1.54, 1.807) is 19.2 Å². The van der Waals surface area contributed by atoms with Gasteiger partial charge in [-0.05, 0) is 87.1 Å². The molecule has 3 aliphatic rings. The Bertz CT molecular complexity index is 1130. The van der Waals surface area contributed by atoms with Crippen molar-refractivity contribution in [1.82, 2.24) is 10.3 Å². The number of rotatable bonds is 5. The van der Waals surface area contributed by atoms with E-state index >= 15 is 0 Å². The SMILES string of the molecule is CCOC(=O)N[C@@H]1CC[C@H]2[C@H](C1)C[C@H]1C(=O)O[C@H](C)[C@@H]1[C@@H]2/C=C/c1ccc(-c2cccc(F)c2)cn1. The number of fused-ring (bicyclic) bond motifs is 2. The molecule has 1 saturated heterocycles. The van der Waals surface area contributed by atoms with Crippen LogP contribution in [0.1, 0.15) is 45.2 Å². The summed E-state index contributed by atoms with van der Waals surface area (Å²) in [6, 6.07) is 10.4. The van der Waals surface area contributed by atoms with E-state index in [4.69, 9.17) is 9.47 Å². The topological polar surface area (TPSA) is 77.5 Å². The van der Waals surface area contributed by atoms with Crippen LogP contribution in [-0.2, 0) is 14.3 Å². The summed E-state index contributed by atoms with van der Waals surface area (Å²) in [5, 5.41) is 3.00. The average molecular weight is 493 g/mol. The number of benzene rings is 1. The van der Waals surface area contributed by atoms with Crippen LogP contribution in [0.3, 0.4) is 0 Å². The molecule has 6 nitrogen and oxygen atoms in total. The number of aromatic nitrogens is 1. The van der Waals surface area contributed by atoms with Crippen LogP contribution in [0.15, 0.2) is 48.7 Å². The van der Waals surface area contributed by atoms with Crippen molar-refractivity contribution >= 4 is 18.1 Å². The Morgan fingerprint density at radius 1 is 1.22 bits per heavy atom. The van der Waals surface area contributed by atoms with Crippen LogP contribution in [0.25, 0.3) is 17.2 Å². The first-order valence-corrected chi connectivity index (χ1v) is 13.0. The molecule has 1 N–H and O–H groups in total. The molecule has 7 atom stereocenters. The van der Waals surface area contributed by atoms with Gasteiger partial charge in [-0.1, -0.05) is 24.3 Å². The number of esters is 1. The standard InChI is InChI=1S/C29H33FN2O4/c1-3-35-29(34)32-23-10-11-24-20(14-23)15-26-27(17(2)36-28(26)33)25(24)12-9-22-8-7-19(16-31-22)18-5-4-6-21(30)13-18/h4-9,12-13,16-17,20,23-27H,3,10-11,14-15H2,1-2H3,(H,32,34)/b12-9+/t17-,20-,23-,24+,25-,26-,27-/m1/s1. The first-order chi connectivity index (χ1) is 17.4. The summed E-state index contributed by atoms with van der Waals surface area (Å²) < 4.78 is 24.3. The van der Waals surface area contributed by atoms with E-state index in [2.05, 4.69) is 16.4 Å². The first-order valence-electron chi connectivity index (χ1n) is 13.0. The van der Waals surface area contributed by atoms with Gasteiger partial charge in [-0.25, -0.2) is 9.18 Å². The summed E-state index contributed by atoms with van der Waals surface area (Å²) in [5.74, 6) is 0.629. The highest BCUT2D eigenvalue weighted by Crippen LogP contribution is 2.53. The van der Waals surface area contributed by atoms with Crippen LogP contribution in [-0.4, -0.2) is 35.8 Å². The molecule has 3 fully saturated rings. The number of nitrogens with zero attached hydrogens (tertiary/aromatic N) is 1. The van der Waals surface area contributed by atoms with Crippen molar-refractivity contribution in [2.75, 3.05) is 6.61 Å². The smallest absolute Gasteiger partial charge is 0.407 e. The fraction of sp³-hybridized carbons (Fsp3) is 0.483. The van der Waals surface area contributed by atoms with Crippen LogP contribution in [0.4, 0.5) is 9.18 Å². The van der Waals surface area contributed by atoms with Gasteiger partial charge in [0.25, 0.3) is 0 Å². The van der Waals surface area contributed by atoms with Gasteiger partial charge < -0.3 is 14.8 Å². The van der Waals surface area contributed by atoms with Crippen molar-refractivity contribution in [1.29, 1.82) is 0 Å². The minimum atomic E-state index is -0.368. The number of carbonyl (C=O) groups excluding carboxylic acids is 2. The summed E-state index contributed by atoms with van der Waals surface area (Å²) in [4.78, 5) is 29.2. The van der Waals surface area contributed by atoms with Gasteiger partial charge in [0.05, 0.1) is 18.2 Å². The third kappa shape index (κ3) is 5.01. The maximum atomic E-state index is 13.6. The minimum Gasteiger partial charge on any atom is -0.462 e. The fourth-order valence-corrected chi connectivity index (χ4v) is 6.64. The lowest BCUT2D eigenvalue weighted by atomic mass is 9.57. The molecule has 0 unspecified atom stereocenters. The Balaban J connectivity index is 1.34. The largest absolute Gasteiger partial charge is 0.462 e. The monoisotopic (exact) mass is 492 g/mol. The van der Waals surface area contributed by atoms with Gasteiger partial charge in [-0.3, -0.25) is 9.78 Å². The maximum Gasteiger partial charge on any atom is 0.407 e. The highest BCUT2D eigenvalue weighted by molar-refractivity contribution is 5.75. The number of halogens is 1. The molecule has 1 amide bonds. The van der Waals surface area contributed by atoms with Gasteiger partial charge in [0.2, 0.25) is 0 Å². The van der Waals surface area contributed by atoms with E-state index < -0.39 is 0 Å². The van der Waals surface area contributed by atoms with Gasteiger partial charge in [-0.15, -0.1) is 0 Å². The number of cyclic esters (lactones) is 1. The van der Waals surface area contributed by atoms with Crippen LogP contribution in [0.2, 0.25) is 0 Å². The lowest BCUT2D eigenvalue weighted by molar-refractivity contribution is -0.144. The van der Waals surface area contributed by atoms with Crippen LogP contribution >= 0.6 is 0 Å². The number of ether oxygens (including phenoxy) is 2. The molecule has 36 heavy (non-hydrogen) atoms. The van der Waals surface area contributed by atoms with E-state index in [1.165, 1.54) is 12.1 Å². The third-order valence-electron chi connectivity index (χ3n) is 8.18. The first kappa shape index (κ1) is 24.5. The molecule has 1 aromatic carbocycles. The molecule has 1 aromatic heterocycles. The zero-order chi connectivity index (χ0) is 25.2. The van der Waals surface area contributed by atoms with Crippen LogP contribution in [0.5, 0.6) is 0 Å². The molecule has 0 radical (unpaired) electrons. The summed E-state index contributed by atoms with van der Waals surface area (Å²) >= 11 is 0. The zero-order valence-corrected chi connectivity index (χ0v) is 20.7. The van der Waals surface area contributed by atoms with Crippen molar-refractivity contribution < 1.29 is 23.5 Å². The Morgan fingerprint density at radius 2 is 2.08 bits per heavy atom. The van der Waals surface area contributed by atoms with Gasteiger partial charge in [-0.2, -0.15) is 0 Å². The molecular weight excluding hydrogens is 459 g/mol. The molecule has 2 heterocycles. The van der Waals surface area contributed by atoms with E-state index in [0.717, 1.165) is 42.5 Å². The Hall–Kier alpha value is -3.22. The van der Waals surface area contributed by atoms with E-state index in [-0.39, 0.29) is 47.8 Å². The van der Waals surface area contributed by atoms with Crippen molar-refractivity contribution in [2.45, 2.75) is 51.7 Å². The Labute approximate surface area is 211 Å². The van der Waals surface area contributed by atoms with Gasteiger partial charge in [0.15, 0.2) is 0 Å². The normalized spacial score (nSPS) is 31.4. The number of allylic oxidation sites excluding steroid dienone is 1. The highest BCUT2D eigenvalue weighted by atomic mass is 19.1. The number of hydrogen-bond acceptors (Lipinski definition) is 5. The Morgan fingerprint density at radius 3 is 2.83 bits per heavy atom. The van der Waals surface area contributed by atoms with Crippen LogP contribution < -0.4 is 5.32 Å². The Kier molecular flexibility index (Phi) is 7.08. The van der Waals surface area contributed by atoms with Gasteiger partial charge >= 0.3 is 12.1 Å². The van der Waals surface area contributed by atoms with Crippen molar-refractivity contribution in [2.24, 2.45) is 29.6 Å². The molecule has 0 bridgehead atoms. The molecule has 0 spiro atoms. The number of alkyl carbamates (subject to hydrolysis) is 1. The summed E-state index contributed by atoms with van der Waals surface area (Å²) in [7, 11) is 0. The zero-order valence-electron chi connectivity index (χ0n) is 20.7. The molecule has 190 valence electrons. The molecule has 7 heteroatoms. The van der Waals surface area contributed by atoms with Gasteiger partial charge in [0, 0.05) is 23.7 Å². The molecule has 5 rings (SSSR count). The van der Waals surface area contributed by atoms with Gasteiger partial charge in [0.1, 0.15) is 11.9 Å². The number of amides is 1. The predicted octanol–water partition coefficient (Wildman–Crippen LogP) is 5.63. The molecule has 1 aliphatic heterocycles. The minimum absolute atomic E-state index is 0.0679. The molecular formula is C29H33FN2O4. The van der Waals surface area contributed by atoms with E-state index in [9.17, 15) is 14.0 Å². The van der Waals surface area contributed by atoms with Crippen molar-refractivity contribution in [3.05, 3.63) is 60.2 Å². The number of nitrogens with one attached hydrogen (secondary N) is 1. The van der Waals surface area contributed by atoms with Crippen molar-refractivity contribution in [3.8, 4) is 11.1 Å². The van der Waals surface area contributed by atoms with Crippen molar-refractivity contribution in [3.63, 3.8) is 0 Å². The second kappa shape index (κ2) is 10.4. The average Bonchev–Trinajstić information content (AvgIpc) is 3.15. The molecule has 2 aromatic rings. The summed E-state index contributed by atoms with van der Waals surface area (Å²) in [5.41, 5.74) is 2.48. The highest BCUT2D eigenvalue weighted by Gasteiger charge is 2.54. The molecule has 2 aliphatic carbocycles. The quantitative estimate of drug-likeness (QED) is 0.548. The van der Waals surface area contributed by atoms with Crippen LogP contribution in [0, 0.1) is 35.4 Å². The lowest BCUT2D eigenvalue weighted by Crippen LogP contribution is -2.48. The summed E-state index contributed by atoms with van der Waals surface area (Å²) in [6.07, 6.45) is 9.07. The third-order valence-corrected chi connectivity index (χ3v) is 8.18. The number of hydrogen-bond donors (Lipinski definition) is 1. The predicted molar refractivity (Wildman–Crippen MR) is 134 cm³/mol.